The molecular formula is C22H22ClN3O2. The monoisotopic (exact) mass is 395 g/mol. The predicted octanol–water partition coefficient (Wildman–Crippen LogP) is 4.92. The van der Waals surface area contributed by atoms with E-state index in [0.717, 1.165) is 84.5 Å². The lowest BCUT2D eigenvalue weighted by molar-refractivity contribution is 0.0378. The van der Waals surface area contributed by atoms with Gasteiger partial charge in [0.1, 0.15) is 11.1 Å². The van der Waals surface area contributed by atoms with Gasteiger partial charge in [-0.3, -0.25) is 4.90 Å². The van der Waals surface area contributed by atoms with Gasteiger partial charge in [-0.15, -0.1) is 0 Å². The van der Waals surface area contributed by atoms with E-state index in [0.29, 0.717) is 5.02 Å². The summed E-state index contributed by atoms with van der Waals surface area (Å²) < 4.78 is 11.6. The first-order chi connectivity index (χ1) is 13.8. The van der Waals surface area contributed by atoms with Crippen molar-refractivity contribution in [1.29, 1.82) is 0 Å². The first-order valence-corrected chi connectivity index (χ1v) is 10.1. The van der Waals surface area contributed by atoms with Crippen LogP contribution in [0.3, 0.4) is 0 Å². The van der Waals surface area contributed by atoms with Gasteiger partial charge in [-0.2, -0.15) is 0 Å². The molecule has 0 amide bonds. The lowest BCUT2D eigenvalue weighted by atomic mass is 10.1. The van der Waals surface area contributed by atoms with Crippen LogP contribution in [0.1, 0.15) is 6.42 Å². The Bertz CT molecular complexity index is 1130. The number of nitrogens with zero attached hydrogens (tertiary/aromatic N) is 2. The van der Waals surface area contributed by atoms with Crippen LogP contribution >= 0.6 is 11.6 Å². The number of aromatic nitrogens is 1. The largest absolute Gasteiger partial charge is 0.452 e. The summed E-state index contributed by atoms with van der Waals surface area (Å²) in [6, 6.07) is 13.9. The molecule has 1 aliphatic rings. The summed E-state index contributed by atoms with van der Waals surface area (Å²) >= 11 is 6.23. The van der Waals surface area contributed by atoms with Crippen molar-refractivity contribution in [3.63, 3.8) is 0 Å². The molecule has 0 atom stereocenters. The summed E-state index contributed by atoms with van der Waals surface area (Å²) in [6.07, 6.45) is 1.05. The summed E-state index contributed by atoms with van der Waals surface area (Å²) in [5.41, 5.74) is 4.41. The molecule has 5 nitrogen and oxygen atoms in total. The van der Waals surface area contributed by atoms with E-state index in [1.54, 1.807) is 0 Å². The molecule has 1 aliphatic heterocycles. The highest BCUT2D eigenvalue weighted by atomic mass is 35.5. The Hall–Kier alpha value is -2.34. The van der Waals surface area contributed by atoms with Crippen LogP contribution in [0, 0.1) is 0 Å². The Kier molecular flexibility index (Phi) is 4.81. The first kappa shape index (κ1) is 17.7. The second-order valence-corrected chi connectivity index (χ2v) is 7.60. The van der Waals surface area contributed by atoms with Crippen LogP contribution in [0.5, 0.6) is 0 Å². The molecule has 0 radical (unpaired) electrons. The second kappa shape index (κ2) is 7.59. The molecule has 0 unspecified atom stereocenters. The molecule has 0 saturated carbocycles. The number of furan rings is 1. The molecule has 5 rings (SSSR count). The smallest absolute Gasteiger partial charge is 0.177 e. The maximum Gasteiger partial charge on any atom is 0.177 e. The van der Waals surface area contributed by atoms with Crippen LogP contribution in [0.15, 0.2) is 46.9 Å². The second-order valence-electron chi connectivity index (χ2n) is 7.16. The highest BCUT2D eigenvalue weighted by molar-refractivity contribution is 6.31. The summed E-state index contributed by atoms with van der Waals surface area (Å²) in [4.78, 5) is 7.30. The summed E-state index contributed by atoms with van der Waals surface area (Å²) in [7, 11) is 0. The van der Waals surface area contributed by atoms with Crippen molar-refractivity contribution in [1.82, 2.24) is 9.88 Å². The Balaban J connectivity index is 1.49. The molecule has 6 heteroatoms. The van der Waals surface area contributed by atoms with E-state index in [2.05, 4.69) is 10.2 Å². The van der Waals surface area contributed by atoms with E-state index in [1.165, 1.54) is 0 Å². The molecule has 2 aromatic carbocycles. The fourth-order valence-electron chi connectivity index (χ4n) is 3.88. The van der Waals surface area contributed by atoms with Gasteiger partial charge in [-0.1, -0.05) is 23.7 Å². The minimum atomic E-state index is 0.686. The van der Waals surface area contributed by atoms with Gasteiger partial charge >= 0.3 is 0 Å². The number of fused-ring (bicyclic) bond motifs is 4. The predicted molar refractivity (Wildman–Crippen MR) is 114 cm³/mol. The van der Waals surface area contributed by atoms with E-state index in [4.69, 9.17) is 25.7 Å². The Labute approximate surface area is 168 Å². The maximum atomic E-state index is 6.23. The molecule has 0 aliphatic carbocycles. The quantitative estimate of drug-likeness (QED) is 0.486. The number of anilines is 1. The van der Waals surface area contributed by atoms with Gasteiger partial charge in [-0.25, -0.2) is 4.98 Å². The number of nitrogens with one attached hydrogen (secondary N) is 1. The zero-order chi connectivity index (χ0) is 18.9. The molecule has 0 bridgehead atoms. The van der Waals surface area contributed by atoms with Crippen molar-refractivity contribution >= 4 is 50.3 Å². The highest BCUT2D eigenvalue weighted by Crippen LogP contribution is 2.37. The lowest BCUT2D eigenvalue weighted by Crippen LogP contribution is -2.37. The van der Waals surface area contributed by atoms with Crippen molar-refractivity contribution in [2.45, 2.75) is 6.42 Å². The van der Waals surface area contributed by atoms with Gasteiger partial charge in [0.2, 0.25) is 0 Å². The minimum Gasteiger partial charge on any atom is -0.452 e. The molecule has 4 aromatic rings. The number of pyridine rings is 1. The van der Waals surface area contributed by atoms with E-state index in [9.17, 15) is 0 Å². The van der Waals surface area contributed by atoms with Gasteiger partial charge in [0.05, 0.1) is 24.4 Å². The van der Waals surface area contributed by atoms with Crippen LogP contribution in [0.4, 0.5) is 5.69 Å². The average molecular weight is 396 g/mol. The van der Waals surface area contributed by atoms with Crippen molar-refractivity contribution < 1.29 is 9.15 Å². The van der Waals surface area contributed by atoms with Crippen LogP contribution in [-0.2, 0) is 4.74 Å². The van der Waals surface area contributed by atoms with Gasteiger partial charge in [0, 0.05) is 35.4 Å². The molecule has 1 saturated heterocycles. The third-order valence-corrected chi connectivity index (χ3v) is 5.55. The average Bonchev–Trinajstić information content (AvgIpc) is 3.09. The van der Waals surface area contributed by atoms with Gasteiger partial charge in [-0.05, 0) is 43.3 Å². The number of hydrogen-bond acceptors (Lipinski definition) is 5. The van der Waals surface area contributed by atoms with Gasteiger partial charge < -0.3 is 14.5 Å². The SMILES string of the molecule is Clc1ccc2c(NCCCN3CCOCC3)c3oc4ccccc4c3nc2c1. The first-order valence-electron chi connectivity index (χ1n) is 9.74. The molecule has 2 aromatic heterocycles. The van der Waals surface area contributed by atoms with Crippen molar-refractivity contribution in [3.05, 3.63) is 47.5 Å². The highest BCUT2D eigenvalue weighted by Gasteiger charge is 2.16. The summed E-state index contributed by atoms with van der Waals surface area (Å²) in [6.45, 7) is 5.64. The third kappa shape index (κ3) is 3.30. The number of rotatable bonds is 5. The molecule has 1 fully saturated rings. The molecule has 0 spiro atoms. The Morgan fingerprint density at radius 2 is 1.93 bits per heavy atom. The fourth-order valence-corrected chi connectivity index (χ4v) is 4.05. The normalized spacial score (nSPS) is 15.6. The van der Waals surface area contributed by atoms with Crippen molar-refractivity contribution in [2.24, 2.45) is 0 Å². The van der Waals surface area contributed by atoms with Gasteiger partial charge in [0.15, 0.2) is 5.58 Å². The third-order valence-electron chi connectivity index (χ3n) is 5.31. The number of ether oxygens (including phenoxy) is 1. The lowest BCUT2D eigenvalue weighted by Gasteiger charge is -2.26. The fraction of sp³-hybridized carbons (Fsp3) is 0.318. The molecule has 144 valence electrons. The zero-order valence-corrected chi connectivity index (χ0v) is 16.3. The van der Waals surface area contributed by atoms with Crippen LogP contribution in [0.2, 0.25) is 5.02 Å². The number of morpholine rings is 1. The summed E-state index contributed by atoms with van der Waals surface area (Å²) in [5.74, 6) is 0. The number of hydrogen-bond donors (Lipinski definition) is 1. The Morgan fingerprint density at radius 3 is 2.82 bits per heavy atom. The minimum absolute atomic E-state index is 0.686. The van der Waals surface area contributed by atoms with E-state index in [-0.39, 0.29) is 0 Å². The van der Waals surface area contributed by atoms with Crippen molar-refractivity contribution in [3.8, 4) is 0 Å². The number of benzene rings is 2. The van der Waals surface area contributed by atoms with Crippen LogP contribution in [-0.4, -0.2) is 49.3 Å². The zero-order valence-electron chi connectivity index (χ0n) is 15.6. The van der Waals surface area contributed by atoms with Gasteiger partial charge in [0.25, 0.3) is 0 Å². The van der Waals surface area contributed by atoms with E-state index < -0.39 is 0 Å². The number of halogens is 1. The standard InChI is InChI=1S/C22H22ClN3O2/c23-15-6-7-16-18(14-15)25-21-17-4-1-2-5-19(17)28-22(21)20(16)24-8-3-9-26-10-12-27-13-11-26/h1-2,4-7,14H,3,8-13H2,(H,24,25). The molecule has 28 heavy (non-hydrogen) atoms. The topological polar surface area (TPSA) is 50.5 Å². The van der Waals surface area contributed by atoms with Crippen LogP contribution < -0.4 is 5.32 Å². The number of para-hydroxylation sites is 1. The summed E-state index contributed by atoms with van der Waals surface area (Å²) in [5, 5.41) is 6.36. The molecule has 3 heterocycles. The van der Waals surface area contributed by atoms with E-state index in [1.807, 2.05) is 42.5 Å². The maximum absolute atomic E-state index is 6.23. The Morgan fingerprint density at radius 1 is 1.07 bits per heavy atom. The van der Waals surface area contributed by atoms with Crippen LogP contribution in [0.25, 0.3) is 33.0 Å². The van der Waals surface area contributed by atoms with Crippen molar-refractivity contribution in [2.75, 3.05) is 44.7 Å². The molecular weight excluding hydrogens is 374 g/mol. The van der Waals surface area contributed by atoms with E-state index >= 15 is 0 Å². The molecule has 1 N–H and O–H groups in total.